The van der Waals surface area contributed by atoms with Gasteiger partial charge in [-0.3, -0.25) is 10.2 Å². The first kappa shape index (κ1) is 9.62. The Bertz CT molecular complexity index is 348. The molecule has 0 spiro atoms. The molecule has 3 heterocycles. The van der Waals surface area contributed by atoms with Gasteiger partial charge in [0.2, 0.25) is 0 Å². The standard InChI is InChI=1S/C9H10N2O2S2/c12-9(6-2-1-3-13-6)10-11-7-4-14-8(11)5-15-7/h1-3,7-8H,4-5H2,(H,10,12)/t7-,8-/m0/s1. The first-order valence-corrected chi connectivity index (χ1v) is 6.80. The van der Waals surface area contributed by atoms with E-state index in [1.165, 1.54) is 6.26 Å². The van der Waals surface area contributed by atoms with Gasteiger partial charge in [0.05, 0.1) is 17.0 Å². The molecule has 2 fully saturated rings. The zero-order valence-corrected chi connectivity index (χ0v) is 9.51. The van der Waals surface area contributed by atoms with E-state index in [2.05, 4.69) is 5.43 Å². The molecule has 15 heavy (non-hydrogen) atoms. The molecule has 4 nitrogen and oxygen atoms in total. The minimum Gasteiger partial charge on any atom is -0.459 e. The number of hydrogen-bond acceptors (Lipinski definition) is 5. The number of thioether (sulfide) groups is 2. The zero-order chi connectivity index (χ0) is 10.3. The minimum absolute atomic E-state index is 0.153. The number of furan rings is 1. The predicted molar refractivity (Wildman–Crippen MR) is 60.5 cm³/mol. The number of amides is 1. The van der Waals surface area contributed by atoms with Crippen molar-refractivity contribution in [3.63, 3.8) is 0 Å². The molecule has 2 atom stereocenters. The average molecular weight is 242 g/mol. The first-order chi connectivity index (χ1) is 7.34. The Morgan fingerprint density at radius 3 is 2.73 bits per heavy atom. The smallest absolute Gasteiger partial charge is 0.301 e. The summed E-state index contributed by atoms with van der Waals surface area (Å²) in [4.78, 5) is 11.7. The molecule has 6 heteroatoms. The van der Waals surface area contributed by atoms with E-state index >= 15 is 0 Å². The lowest BCUT2D eigenvalue weighted by atomic mass is 10.4. The van der Waals surface area contributed by atoms with Crippen LogP contribution in [0.2, 0.25) is 0 Å². The van der Waals surface area contributed by atoms with Crippen molar-refractivity contribution >= 4 is 29.4 Å². The summed E-state index contributed by atoms with van der Waals surface area (Å²) in [5.41, 5.74) is 2.90. The zero-order valence-electron chi connectivity index (χ0n) is 7.88. The van der Waals surface area contributed by atoms with Gasteiger partial charge in [0.25, 0.3) is 0 Å². The second kappa shape index (κ2) is 3.77. The summed E-state index contributed by atoms with van der Waals surface area (Å²) >= 11 is 3.80. The van der Waals surface area contributed by atoms with E-state index in [0.29, 0.717) is 16.5 Å². The highest BCUT2D eigenvalue weighted by Crippen LogP contribution is 2.42. The molecule has 2 bridgehead atoms. The van der Waals surface area contributed by atoms with E-state index in [0.717, 1.165) is 11.5 Å². The summed E-state index contributed by atoms with van der Waals surface area (Å²) < 4.78 is 5.04. The molecule has 0 unspecified atom stereocenters. The van der Waals surface area contributed by atoms with Crippen LogP contribution < -0.4 is 5.43 Å². The Morgan fingerprint density at radius 1 is 1.47 bits per heavy atom. The molecule has 2 saturated heterocycles. The van der Waals surface area contributed by atoms with Crippen molar-refractivity contribution in [2.75, 3.05) is 11.5 Å². The van der Waals surface area contributed by atoms with E-state index in [-0.39, 0.29) is 5.91 Å². The maximum absolute atomic E-state index is 11.7. The SMILES string of the molecule is O=C(NN1[C@@H]2CS[C@H]1CS2)c1ccco1. The van der Waals surface area contributed by atoms with Gasteiger partial charge in [-0.2, -0.15) is 5.01 Å². The Hall–Kier alpha value is -0.590. The van der Waals surface area contributed by atoms with E-state index in [4.69, 9.17) is 4.42 Å². The highest BCUT2D eigenvalue weighted by Gasteiger charge is 2.42. The van der Waals surface area contributed by atoms with Crippen molar-refractivity contribution < 1.29 is 9.21 Å². The molecule has 1 N–H and O–H groups in total. The molecule has 0 saturated carbocycles. The molecule has 3 rings (SSSR count). The maximum atomic E-state index is 11.7. The number of nitrogens with zero attached hydrogens (tertiary/aromatic N) is 1. The van der Waals surface area contributed by atoms with Gasteiger partial charge in [-0.25, -0.2) is 0 Å². The van der Waals surface area contributed by atoms with Crippen LogP contribution in [0.25, 0.3) is 0 Å². The normalized spacial score (nSPS) is 29.6. The van der Waals surface area contributed by atoms with Gasteiger partial charge in [-0.1, -0.05) is 0 Å². The first-order valence-electron chi connectivity index (χ1n) is 4.70. The van der Waals surface area contributed by atoms with Crippen LogP contribution in [0.1, 0.15) is 10.6 Å². The lowest BCUT2D eigenvalue weighted by Crippen LogP contribution is -2.45. The minimum atomic E-state index is -0.153. The van der Waals surface area contributed by atoms with Gasteiger partial charge in [0.15, 0.2) is 5.76 Å². The van der Waals surface area contributed by atoms with Crippen LogP contribution in [0.4, 0.5) is 0 Å². The van der Waals surface area contributed by atoms with E-state index in [1.807, 2.05) is 28.5 Å². The van der Waals surface area contributed by atoms with Crippen LogP contribution in [0.15, 0.2) is 22.8 Å². The van der Waals surface area contributed by atoms with Crippen LogP contribution >= 0.6 is 23.5 Å². The summed E-state index contributed by atoms with van der Waals surface area (Å²) in [5.74, 6) is 2.40. The third-order valence-electron chi connectivity index (χ3n) is 2.46. The summed E-state index contributed by atoms with van der Waals surface area (Å²) in [5, 5.41) is 2.90. The Morgan fingerprint density at radius 2 is 2.20 bits per heavy atom. The van der Waals surface area contributed by atoms with Gasteiger partial charge >= 0.3 is 5.91 Å². The summed E-state index contributed by atoms with van der Waals surface area (Å²) in [6, 6.07) is 3.39. The van der Waals surface area contributed by atoms with E-state index < -0.39 is 0 Å². The number of carbonyl (C=O) groups excluding carboxylic acids is 1. The molecule has 1 amide bonds. The second-order valence-electron chi connectivity index (χ2n) is 3.40. The molecule has 1 aromatic heterocycles. The highest BCUT2D eigenvalue weighted by atomic mass is 32.2. The maximum Gasteiger partial charge on any atom is 0.301 e. The Kier molecular flexibility index (Phi) is 2.42. The third-order valence-corrected chi connectivity index (χ3v) is 5.45. The van der Waals surface area contributed by atoms with Crippen molar-refractivity contribution in [2.24, 2.45) is 0 Å². The van der Waals surface area contributed by atoms with E-state index in [9.17, 15) is 4.79 Å². The number of fused-ring (bicyclic) bond motifs is 2. The number of hydrazine groups is 1. The number of hydrogen-bond donors (Lipinski definition) is 1. The molecule has 0 aliphatic carbocycles. The molecule has 80 valence electrons. The van der Waals surface area contributed by atoms with Crippen LogP contribution in [0.3, 0.4) is 0 Å². The number of carbonyl (C=O) groups is 1. The van der Waals surface area contributed by atoms with Gasteiger partial charge in [-0.15, -0.1) is 23.5 Å². The fourth-order valence-corrected chi connectivity index (χ4v) is 4.85. The monoisotopic (exact) mass is 242 g/mol. The lowest BCUT2D eigenvalue weighted by Gasteiger charge is -2.19. The van der Waals surface area contributed by atoms with Crippen molar-refractivity contribution in [3.05, 3.63) is 24.2 Å². The molecule has 1 aromatic rings. The topological polar surface area (TPSA) is 45.5 Å². The molecule has 0 radical (unpaired) electrons. The van der Waals surface area contributed by atoms with Crippen molar-refractivity contribution in [1.29, 1.82) is 0 Å². The van der Waals surface area contributed by atoms with Gasteiger partial charge in [0, 0.05) is 11.5 Å². The summed E-state index contributed by atoms with van der Waals surface area (Å²) in [6.07, 6.45) is 1.51. The Labute approximate surface area is 95.7 Å². The Balaban J connectivity index is 1.69. The van der Waals surface area contributed by atoms with Crippen molar-refractivity contribution in [2.45, 2.75) is 10.7 Å². The average Bonchev–Trinajstić information content (AvgIpc) is 2.94. The predicted octanol–water partition coefficient (Wildman–Crippen LogP) is 1.37. The molecule has 2 aliphatic heterocycles. The number of nitrogens with one attached hydrogen (secondary N) is 1. The van der Waals surface area contributed by atoms with Crippen LogP contribution in [0, 0.1) is 0 Å². The summed E-state index contributed by atoms with van der Waals surface area (Å²) in [7, 11) is 0. The highest BCUT2D eigenvalue weighted by molar-refractivity contribution is 8.07. The summed E-state index contributed by atoms with van der Waals surface area (Å²) in [6.45, 7) is 0. The second-order valence-corrected chi connectivity index (χ2v) is 5.82. The van der Waals surface area contributed by atoms with Crippen LogP contribution in [-0.4, -0.2) is 33.2 Å². The van der Waals surface area contributed by atoms with E-state index in [1.54, 1.807) is 12.1 Å². The van der Waals surface area contributed by atoms with Crippen LogP contribution in [0.5, 0.6) is 0 Å². The number of rotatable bonds is 2. The van der Waals surface area contributed by atoms with Gasteiger partial charge < -0.3 is 4.42 Å². The third kappa shape index (κ3) is 1.66. The molecular formula is C9H10N2O2S2. The fourth-order valence-electron chi connectivity index (χ4n) is 1.71. The molecule has 2 aliphatic rings. The van der Waals surface area contributed by atoms with Crippen molar-refractivity contribution in [1.82, 2.24) is 10.4 Å². The molecule has 0 aromatic carbocycles. The van der Waals surface area contributed by atoms with Crippen LogP contribution in [-0.2, 0) is 0 Å². The largest absolute Gasteiger partial charge is 0.459 e. The lowest BCUT2D eigenvalue weighted by molar-refractivity contribution is 0.0768. The van der Waals surface area contributed by atoms with Gasteiger partial charge in [0.1, 0.15) is 0 Å². The quantitative estimate of drug-likeness (QED) is 0.848. The molecular weight excluding hydrogens is 232 g/mol. The fraction of sp³-hybridized carbons (Fsp3) is 0.444. The van der Waals surface area contributed by atoms with Crippen molar-refractivity contribution in [3.8, 4) is 0 Å². The van der Waals surface area contributed by atoms with Gasteiger partial charge in [-0.05, 0) is 12.1 Å².